The average molecular weight is 421 g/mol. The molecule has 0 amide bonds. The number of carbonyl (C=O) groups is 1. The quantitative estimate of drug-likeness (QED) is 0.597. The zero-order chi connectivity index (χ0) is 19.1. The van der Waals surface area contributed by atoms with E-state index in [9.17, 15) is 9.18 Å². The van der Waals surface area contributed by atoms with Crippen LogP contribution in [-0.4, -0.2) is 31.3 Å². The Balaban J connectivity index is 2.01. The lowest BCUT2D eigenvalue weighted by atomic mass is 10.1. The summed E-state index contributed by atoms with van der Waals surface area (Å²) in [6, 6.07) is 3.17. The summed E-state index contributed by atoms with van der Waals surface area (Å²) < 4.78 is 21.8. The van der Waals surface area contributed by atoms with Crippen molar-refractivity contribution >= 4 is 32.8 Å². The van der Waals surface area contributed by atoms with Crippen molar-refractivity contribution in [2.75, 3.05) is 0 Å². The van der Waals surface area contributed by atoms with Crippen molar-refractivity contribution in [3.05, 3.63) is 40.8 Å². The molecule has 6 nitrogen and oxygen atoms in total. The Bertz CT molecular complexity index is 978. The second kappa shape index (κ2) is 6.75. The Morgan fingerprint density at radius 2 is 1.88 bits per heavy atom. The van der Waals surface area contributed by atoms with Crippen LogP contribution < -0.4 is 0 Å². The van der Waals surface area contributed by atoms with Gasteiger partial charge in [0.1, 0.15) is 33.9 Å². The monoisotopic (exact) mass is 420 g/mol. The Morgan fingerprint density at radius 1 is 1.23 bits per heavy atom. The molecule has 0 N–H and O–H groups in total. The molecule has 0 saturated carbocycles. The predicted octanol–water partition coefficient (Wildman–Crippen LogP) is 4.05. The maximum Gasteiger partial charge on any atom is 0.328 e. The highest BCUT2D eigenvalue weighted by atomic mass is 79.9. The third-order valence-corrected chi connectivity index (χ3v) is 4.15. The van der Waals surface area contributed by atoms with Gasteiger partial charge in [0.2, 0.25) is 0 Å². The van der Waals surface area contributed by atoms with Gasteiger partial charge in [-0.3, -0.25) is 4.79 Å². The fourth-order valence-corrected chi connectivity index (χ4v) is 3.04. The van der Waals surface area contributed by atoms with Gasteiger partial charge in [0.25, 0.3) is 0 Å². The fraction of sp³-hybridized carbons (Fsp3) is 0.333. The van der Waals surface area contributed by atoms with Crippen molar-refractivity contribution in [3.8, 4) is 11.1 Å². The van der Waals surface area contributed by atoms with Gasteiger partial charge in [-0.15, -0.1) is 0 Å². The van der Waals surface area contributed by atoms with E-state index in [1.165, 1.54) is 10.7 Å². The van der Waals surface area contributed by atoms with Crippen LogP contribution in [0.4, 0.5) is 4.39 Å². The molecule has 0 saturated heterocycles. The summed E-state index contributed by atoms with van der Waals surface area (Å²) in [5, 5.41) is 4.79. The molecule has 3 aromatic rings. The lowest BCUT2D eigenvalue weighted by molar-refractivity contribution is -0.155. The summed E-state index contributed by atoms with van der Waals surface area (Å²) in [6.07, 6.45) is 3.28. The molecule has 0 aliphatic carbocycles. The third kappa shape index (κ3) is 3.90. The molecule has 8 heteroatoms. The molecule has 0 radical (unpaired) electrons. The fourth-order valence-electron chi connectivity index (χ4n) is 2.55. The van der Waals surface area contributed by atoms with E-state index in [2.05, 4.69) is 31.0 Å². The highest BCUT2D eigenvalue weighted by molar-refractivity contribution is 9.10. The molecule has 2 heterocycles. The van der Waals surface area contributed by atoms with Crippen LogP contribution in [0, 0.1) is 12.7 Å². The van der Waals surface area contributed by atoms with Crippen LogP contribution in [0.1, 0.15) is 26.6 Å². The van der Waals surface area contributed by atoms with Gasteiger partial charge in [0.15, 0.2) is 0 Å². The minimum absolute atomic E-state index is 0.177. The SMILES string of the molecule is Cc1ncc(-c2cc(F)c3c(c2)c(Br)nn3CC(=O)OC(C)(C)C)cn1. The molecule has 3 rings (SSSR count). The first-order chi connectivity index (χ1) is 12.1. The van der Waals surface area contributed by atoms with Crippen molar-refractivity contribution in [2.45, 2.75) is 39.8 Å². The number of hydrogen-bond acceptors (Lipinski definition) is 5. The van der Waals surface area contributed by atoms with Crippen molar-refractivity contribution in [1.82, 2.24) is 19.7 Å². The van der Waals surface area contributed by atoms with Gasteiger partial charge in [-0.05, 0) is 61.3 Å². The third-order valence-electron chi connectivity index (χ3n) is 3.57. The van der Waals surface area contributed by atoms with Crippen LogP contribution in [0.5, 0.6) is 0 Å². The molecule has 0 aliphatic rings. The average Bonchev–Trinajstić information content (AvgIpc) is 2.82. The molecule has 0 fully saturated rings. The van der Waals surface area contributed by atoms with Crippen LogP contribution in [0.25, 0.3) is 22.0 Å². The topological polar surface area (TPSA) is 69.9 Å². The molecular formula is C18H18BrFN4O2. The standard InChI is InChI=1S/C18H18BrFN4O2/c1-10-21-7-12(8-22-10)11-5-13-16(14(20)6-11)24(23-17(13)19)9-15(25)26-18(2,3)4/h5-8H,9H2,1-4H3. The van der Waals surface area contributed by atoms with E-state index in [0.717, 1.165) is 0 Å². The van der Waals surface area contributed by atoms with Crippen LogP contribution in [-0.2, 0) is 16.1 Å². The minimum atomic E-state index is -0.617. The number of rotatable bonds is 3. The van der Waals surface area contributed by atoms with E-state index in [1.807, 2.05) is 0 Å². The van der Waals surface area contributed by atoms with Crippen LogP contribution in [0.15, 0.2) is 29.1 Å². The molecular weight excluding hydrogens is 403 g/mol. The number of carbonyl (C=O) groups excluding carboxylic acids is 1. The number of fused-ring (bicyclic) bond motifs is 1. The van der Waals surface area contributed by atoms with Gasteiger partial charge < -0.3 is 4.74 Å². The van der Waals surface area contributed by atoms with Crippen molar-refractivity contribution in [2.24, 2.45) is 0 Å². The molecule has 0 bridgehead atoms. The maximum absolute atomic E-state index is 14.8. The van der Waals surface area contributed by atoms with E-state index in [0.29, 0.717) is 26.9 Å². The Morgan fingerprint density at radius 3 is 2.50 bits per heavy atom. The molecule has 2 aromatic heterocycles. The number of nitrogens with zero attached hydrogens (tertiary/aromatic N) is 4. The number of halogens is 2. The van der Waals surface area contributed by atoms with Crippen LogP contribution in [0.2, 0.25) is 0 Å². The van der Waals surface area contributed by atoms with Crippen molar-refractivity contribution < 1.29 is 13.9 Å². The number of ether oxygens (including phenoxy) is 1. The molecule has 0 atom stereocenters. The molecule has 136 valence electrons. The second-order valence-corrected chi connectivity index (χ2v) is 7.66. The van der Waals surface area contributed by atoms with Gasteiger partial charge in [0, 0.05) is 23.3 Å². The van der Waals surface area contributed by atoms with E-state index in [1.54, 1.807) is 46.2 Å². The summed E-state index contributed by atoms with van der Waals surface area (Å²) in [4.78, 5) is 20.4. The van der Waals surface area contributed by atoms with Gasteiger partial charge >= 0.3 is 5.97 Å². The second-order valence-electron chi connectivity index (χ2n) is 6.91. The van der Waals surface area contributed by atoms with E-state index in [4.69, 9.17) is 4.74 Å². The maximum atomic E-state index is 14.8. The predicted molar refractivity (Wildman–Crippen MR) is 99.0 cm³/mol. The van der Waals surface area contributed by atoms with E-state index >= 15 is 0 Å². The Kier molecular flexibility index (Phi) is 4.79. The molecule has 1 aromatic carbocycles. The van der Waals surface area contributed by atoms with Gasteiger partial charge in [-0.2, -0.15) is 5.10 Å². The van der Waals surface area contributed by atoms with Crippen LogP contribution >= 0.6 is 15.9 Å². The molecule has 0 aliphatic heterocycles. The lowest BCUT2D eigenvalue weighted by Crippen LogP contribution is -2.26. The van der Waals surface area contributed by atoms with Crippen molar-refractivity contribution in [3.63, 3.8) is 0 Å². The summed E-state index contributed by atoms with van der Waals surface area (Å²) in [6.45, 7) is 6.93. The number of aryl methyl sites for hydroxylation is 1. The van der Waals surface area contributed by atoms with E-state index < -0.39 is 17.4 Å². The lowest BCUT2D eigenvalue weighted by Gasteiger charge is -2.19. The first kappa shape index (κ1) is 18.4. The summed E-state index contributed by atoms with van der Waals surface area (Å²) in [7, 11) is 0. The molecule has 0 spiro atoms. The Hall–Kier alpha value is -2.35. The van der Waals surface area contributed by atoms with Gasteiger partial charge in [-0.1, -0.05) is 0 Å². The largest absolute Gasteiger partial charge is 0.459 e. The highest BCUT2D eigenvalue weighted by Gasteiger charge is 2.21. The number of benzene rings is 1. The zero-order valence-electron chi connectivity index (χ0n) is 14.9. The Labute approximate surface area is 158 Å². The first-order valence-corrected chi connectivity index (χ1v) is 8.80. The molecule has 26 heavy (non-hydrogen) atoms. The van der Waals surface area contributed by atoms with Gasteiger partial charge in [-0.25, -0.2) is 19.0 Å². The van der Waals surface area contributed by atoms with Crippen molar-refractivity contribution in [1.29, 1.82) is 0 Å². The number of hydrogen-bond donors (Lipinski definition) is 0. The summed E-state index contributed by atoms with van der Waals surface area (Å²) in [5.41, 5.74) is 0.948. The molecule has 0 unspecified atom stereocenters. The van der Waals surface area contributed by atoms with Crippen LogP contribution in [0.3, 0.4) is 0 Å². The number of esters is 1. The normalized spacial score (nSPS) is 11.8. The minimum Gasteiger partial charge on any atom is -0.459 e. The summed E-state index contributed by atoms with van der Waals surface area (Å²) >= 11 is 3.34. The van der Waals surface area contributed by atoms with E-state index in [-0.39, 0.29) is 12.1 Å². The number of aromatic nitrogens is 4. The smallest absolute Gasteiger partial charge is 0.328 e. The summed E-state index contributed by atoms with van der Waals surface area (Å²) in [5.74, 6) is -0.327. The zero-order valence-corrected chi connectivity index (χ0v) is 16.5. The first-order valence-electron chi connectivity index (χ1n) is 8.00. The highest BCUT2D eigenvalue weighted by Crippen LogP contribution is 2.31. The van der Waals surface area contributed by atoms with Gasteiger partial charge in [0.05, 0.1) is 0 Å².